The van der Waals surface area contributed by atoms with Gasteiger partial charge in [0.25, 0.3) is 5.91 Å². The van der Waals surface area contributed by atoms with Crippen LogP contribution in [0.2, 0.25) is 0 Å². The molecule has 0 fully saturated rings. The number of thiophene rings is 1. The zero-order valence-corrected chi connectivity index (χ0v) is 15.4. The summed E-state index contributed by atoms with van der Waals surface area (Å²) in [4.78, 5) is 18.3. The number of aryl methyl sites for hydroxylation is 2. The van der Waals surface area contributed by atoms with Crippen molar-refractivity contribution in [3.05, 3.63) is 76.6 Å². The minimum Gasteiger partial charge on any atom is -0.347 e. The van der Waals surface area contributed by atoms with Crippen LogP contribution in [0.25, 0.3) is 15.9 Å². The van der Waals surface area contributed by atoms with Crippen LogP contribution in [0.15, 0.2) is 54.9 Å². The summed E-state index contributed by atoms with van der Waals surface area (Å²) in [5.74, 6) is -0.0788. The van der Waals surface area contributed by atoms with Crippen molar-refractivity contribution in [2.24, 2.45) is 0 Å². The van der Waals surface area contributed by atoms with E-state index in [1.54, 1.807) is 12.4 Å². The molecule has 0 saturated carbocycles. The lowest BCUT2D eigenvalue weighted by molar-refractivity contribution is 0.0955. The Morgan fingerprint density at radius 2 is 2.00 bits per heavy atom. The quantitative estimate of drug-likeness (QED) is 0.596. The van der Waals surface area contributed by atoms with Gasteiger partial charge in [-0.1, -0.05) is 23.8 Å². The first kappa shape index (κ1) is 16.5. The van der Waals surface area contributed by atoms with Gasteiger partial charge in [-0.3, -0.25) is 9.78 Å². The monoisotopic (exact) mass is 362 g/mol. The average molecular weight is 362 g/mol. The highest BCUT2D eigenvalue weighted by atomic mass is 32.1. The molecule has 0 aliphatic rings. The van der Waals surface area contributed by atoms with Gasteiger partial charge >= 0.3 is 0 Å². The maximum atomic E-state index is 12.5. The van der Waals surface area contributed by atoms with E-state index in [-0.39, 0.29) is 5.91 Å². The van der Waals surface area contributed by atoms with E-state index in [2.05, 4.69) is 34.5 Å². The second kappa shape index (κ2) is 6.72. The Balaban J connectivity index is 1.62. The summed E-state index contributed by atoms with van der Waals surface area (Å²) in [6, 6.07) is 13.9. The number of amides is 1. The van der Waals surface area contributed by atoms with Crippen LogP contribution in [-0.4, -0.2) is 20.7 Å². The number of nitrogens with zero attached hydrogens (tertiary/aromatic N) is 3. The van der Waals surface area contributed by atoms with Crippen LogP contribution >= 0.6 is 11.3 Å². The summed E-state index contributed by atoms with van der Waals surface area (Å²) >= 11 is 1.46. The van der Waals surface area contributed by atoms with Crippen LogP contribution in [0.4, 0.5) is 0 Å². The number of nitrogens with one attached hydrogen (secondary N) is 1. The second-order valence-corrected chi connectivity index (χ2v) is 7.24. The summed E-state index contributed by atoms with van der Waals surface area (Å²) in [6.07, 6.45) is 3.47. The number of hydrogen-bond donors (Lipinski definition) is 1. The molecule has 0 atom stereocenters. The summed E-state index contributed by atoms with van der Waals surface area (Å²) < 4.78 is 1.91. The summed E-state index contributed by atoms with van der Waals surface area (Å²) in [6.45, 7) is 4.49. The Labute approximate surface area is 155 Å². The molecule has 0 bridgehead atoms. The van der Waals surface area contributed by atoms with E-state index in [4.69, 9.17) is 0 Å². The minimum absolute atomic E-state index is 0.0788. The SMILES string of the molecule is Cc1ccc(-n2nc(C)c3cc(C(=O)NCc4cccnc4)sc32)cc1. The fourth-order valence-electron chi connectivity index (χ4n) is 2.79. The van der Waals surface area contributed by atoms with Gasteiger partial charge in [0.15, 0.2) is 0 Å². The molecule has 1 amide bonds. The number of carbonyl (C=O) groups excluding carboxylic acids is 1. The van der Waals surface area contributed by atoms with E-state index < -0.39 is 0 Å². The topological polar surface area (TPSA) is 59.8 Å². The standard InChI is InChI=1S/C20H18N4OS/c1-13-5-7-16(8-6-13)24-20-17(14(2)23-24)10-18(26-20)19(25)22-12-15-4-3-9-21-11-15/h3-11H,12H2,1-2H3,(H,22,25). The summed E-state index contributed by atoms with van der Waals surface area (Å²) in [5.41, 5.74) is 4.10. The van der Waals surface area contributed by atoms with E-state index >= 15 is 0 Å². The number of carbonyl (C=O) groups is 1. The molecule has 0 spiro atoms. The van der Waals surface area contributed by atoms with Gasteiger partial charge in [0, 0.05) is 24.3 Å². The van der Waals surface area contributed by atoms with Crippen LogP contribution in [0.5, 0.6) is 0 Å². The third kappa shape index (κ3) is 3.11. The van der Waals surface area contributed by atoms with Crippen molar-refractivity contribution >= 4 is 27.5 Å². The van der Waals surface area contributed by atoms with Gasteiger partial charge in [-0.05, 0) is 43.7 Å². The molecular formula is C20H18N4OS. The number of hydrogen-bond acceptors (Lipinski definition) is 4. The van der Waals surface area contributed by atoms with Gasteiger partial charge in [-0.25, -0.2) is 4.68 Å². The Morgan fingerprint density at radius 1 is 1.19 bits per heavy atom. The van der Waals surface area contributed by atoms with Crippen molar-refractivity contribution in [3.63, 3.8) is 0 Å². The molecule has 0 saturated heterocycles. The summed E-state index contributed by atoms with van der Waals surface area (Å²) in [5, 5.41) is 8.60. The number of aromatic nitrogens is 3. The molecule has 1 N–H and O–H groups in total. The highest BCUT2D eigenvalue weighted by Gasteiger charge is 2.17. The zero-order valence-electron chi connectivity index (χ0n) is 14.6. The number of fused-ring (bicyclic) bond motifs is 1. The molecule has 6 heteroatoms. The first-order chi connectivity index (χ1) is 12.6. The van der Waals surface area contributed by atoms with Crippen LogP contribution < -0.4 is 5.32 Å². The van der Waals surface area contributed by atoms with Gasteiger partial charge in [0.2, 0.25) is 0 Å². The predicted octanol–water partition coefficient (Wildman–Crippen LogP) is 4.03. The number of rotatable bonds is 4. The van der Waals surface area contributed by atoms with Crippen LogP contribution in [0.1, 0.15) is 26.5 Å². The first-order valence-electron chi connectivity index (χ1n) is 8.35. The molecule has 130 valence electrons. The minimum atomic E-state index is -0.0788. The molecule has 26 heavy (non-hydrogen) atoms. The van der Waals surface area contributed by atoms with Crippen molar-refractivity contribution in [3.8, 4) is 5.69 Å². The molecule has 0 unspecified atom stereocenters. The van der Waals surface area contributed by atoms with Gasteiger partial charge in [0.05, 0.1) is 16.3 Å². The normalized spacial score (nSPS) is 11.0. The maximum absolute atomic E-state index is 12.5. The van der Waals surface area contributed by atoms with Crippen LogP contribution in [0.3, 0.4) is 0 Å². The smallest absolute Gasteiger partial charge is 0.261 e. The molecule has 4 rings (SSSR count). The lowest BCUT2D eigenvalue weighted by atomic mass is 10.2. The third-order valence-corrected chi connectivity index (χ3v) is 5.33. The van der Waals surface area contributed by atoms with Crippen molar-refractivity contribution in [2.45, 2.75) is 20.4 Å². The van der Waals surface area contributed by atoms with Crippen molar-refractivity contribution in [1.82, 2.24) is 20.1 Å². The lowest BCUT2D eigenvalue weighted by Gasteiger charge is -2.04. The molecular weight excluding hydrogens is 344 g/mol. The number of pyridine rings is 1. The largest absolute Gasteiger partial charge is 0.347 e. The number of benzene rings is 1. The fraction of sp³-hybridized carbons (Fsp3) is 0.150. The van der Waals surface area contributed by atoms with Gasteiger partial charge in [-0.2, -0.15) is 5.10 Å². The fourth-order valence-corrected chi connectivity index (χ4v) is 3.89. The Bertz CT molecular complexity index is 1060. The van der Waals surface area contributed by atoms with E-state index in [1.807, 2.05) is 41.9 Å². The van der Waals surface area contributed by atoms with Gasteiger partial charge in [0.1, 0.15) is 4.83 Å². The Hall–Kier alpha value is -2.99. The first-order valence-corrected chi connectivity index (χ1v) is 9.17. The highest BCUT2D eigenvalue weighted by molar-refractivity contribution is 7.20. The second-order valence-electron chi connectivity index (χ2n) is 6.21. The van der Waals surface area contributed by atoms with E-state index in [0.29, 0.717) is 11.4 Å². The van der Waals surface area contributed by atoms with E-state index in [9.17, 15) is 4.79 Å². The molecule has 5 nitrogen and oxygen atoms in total. The van der Waals surface area contributed by atoms with E-state index in [1.165, 1.54) is 16.9 Å². The molecule has 4 aromatic rings. The maximum Gasteiger partial charge on any atom is 0.261 e. The van der Waals surface area contributed by atoms with Gasteiger partial charge < -0.3 is 5.32 Å². The Kier molecular flexibility index (Phi) is 4.26. The lowest BCUT2D eigenvalue weighted by Crippen LogP contribution is -2.21. The molecule has 1 aromatic carbocycles. The van der Waals surface area contributed by atoms with Crippen molar-refractivity contribution < 1.29 is 4.79 Å². The molecule has 0 aliphatic carbocycles. The van der Waals surface area contributed by atoms with E-state index in [0.717, 1.165) is 27.2 Å². The zero-order chi connectivity index (χ0) is 18.1. The van der Waals surface area contributed by atoms with Crippen LogP contribution in [0, 0.1) is 13.8 Å². The Morgan fingerprint density at radius 3 is 2.73 bits per heavy atom. The molecule has 3 aromatic heterocycles. The average Bonchev–Trinajstić information content (AvgIpc) is 3.22. The van der Waals surface area contributed by atoms with Gasteiger partial charge in [-0.15, -0.1) is 11.3 Å². The molecule has 0 radical (unpaired) electrons. The molecule has 0 aliphatic heterocycles. The molecule has 3 heterocycles. The highest BCUT2D eigenvalue weighted by Crippen LogP contribution is 2.30. The summed E-state index contributed by atoms with van der Waals surface area (Å²) in [7, 11) is 0. The third-order valence-electron chi connectivity index (χ3n) is 4.22. The van der Waals surface area contributed by atoms with Crippen molar-refractivity contribution in [1.29, 1.82) is 0 Å². The predicted molar refractivity (Wildman–Crippen MR) is 104 cm³/mol. The van der Waals surface area contributed by atoms with Crippen molar-refractivity contribution in [2.75, 3.05) is 0 Å². The van der Waals surface area contributed by atoms with Crippen LogP contribution in [-0.2, 0) is 6.54 Å².